The van der Waals surface area contributed by atoms with E-state index in [0.717, 1.165) is 32.1 Å². The number of hydrogen-bond donors (Lipinski definition) is 4. The molecule has 0 bridgehead atoms. The fraction of sp³-hybridized carbons (Fsp3) is 0.957. The zero-order valence-corrected chi connectivity index (χ0v) is 19.7. The Morgan fingerprint density at radius 1 is 0.875 bits per heavy atom. The summed E-state index contributed by atoms with van der Waals surface area (Å²) in [5.41, 5.74) is 0. The molecule has 1 aliphatic heterocycles. The Morgan fingerprint density at radius 3 is 2.22 bits per heavy atom. The van der Waals surface area contributed by atoms with E-state index in [0.29, 0.717) is 13.0 Å². The lowest BCUT2D eigenvalue weighted by molar-refractivity contribution is -0.305. The first-order valence-electron chi connectivity index (χ1n) is 12.1. The van der Waals surface area contributed by atoms with E-state index in [4.69, 9.17) is 18.9 Å². The number of unbranched alkanes of at least 4 members (excludes halogenated alkanes) is 7. The van der Waals surface area contributed by atoms with Crippen LogP contribution in [0.5, 0.6) is 0 Å². The lowest BCUT2D eigenvalue weighted by atomic mass is 9.99. The summed E-state index contributed by atoms with van der Waals surface area (Å²) in [6.45, 7) is 4.28. The molecule has 0 aliphatic carbocycles. The van der Waals surface area contributed by atoms with Gasteiger partial charge in [0.1, 0.15) is 30.5 Å². The summed E-state index contributed by atoms with van der Waals surface area (Å²) in [5.74, 6) is -0.344. The van der Waals surface area contributed by atoms with Crippen LogP contribution in [0.4, 0.5) is 0 Å². The van der Waals surface area contributed by atoms with Crippen LogP contribution in [0.2, 0.25) is 0 Å². The first-order valence-corrected chi connectivity index (χ1v) is 12.1. The van der Waals surface area contributed by atoms with Crippen LogP contribution < -0.4 is 0 Å². The van der Waals surface area contributed by atoms with Crippen LogP contribution in [0.1, 0.15) is 78.1 Å². The van der Waals surface area contributed by atoms with Gasteiger partial charge in [-0.15, -0.1) is 0 Å². The molecule has 1 aliphatic rings. The first-order chi connectivity index (χ1) is 15.4. The summed E-state index contributed by atoms with van der Waals surface area (Å²) < 4.78 is 22.1. The topological polar surface area (TPSA) is 135 Å². The molecular weight excluding hydrogens is 420 g/mol. The van der Waals surface area contributed by atoms with Gasteiger partial charge >= 0.3 is 5.97 Å². The number of aliphatic hydroxyl groups excluding tert-OH is 4. The van der Waals surface area contributed by atoms with E-state index >= 15 is 0 Å². The number of aliphatic hydroxyl groups is 4. The molecule has 9 nitrogen and oxygen atoms in total. The number of carbonyl (C=O) groups is 1. The van der Waals surface area contributed by atoms with E-state index < -0.39 is 43.4 Å². The average molecular weight is 465 g/mol. The maximum absolute atomic E-state index is 12.2. The molecule has 1 rings (SSSR count). The zero-order valence-electron chi connectivity index (χ0n) is 19.7. The van der Waals surface area contributed by atoms with Crippen molar-refractivity contribution in [2.24, 2.45) is 0 Å². The van der Waals surface area contributed by atoms with Crippen molar-refractivity contribution in [2.75, 3.05) is 26.4 Å². The molecule has 0 aromatic carbocycles. The molecule has 190 valence electrons. The normalized spacial score (nSPS) is 26.8. The van der Waals surface area contributed by atoms with Gasteiger partial charge in [-0.3, -0.25) is 4.79 Å². The van der Waals surface area contributed by atoms with Crippen LogP contribution in [0, 0.1) is 0 Å². The van der Waals surface area contributed by atoms with E-state index in [1.807, 2.05) is 0 Å². The van der Waals surface area contributed by atoms with Crippen molar-refractivity contribution < 1.29 is 44.2 Å². The van der Waals surface area contributed by atoms with Crippen LogP contribution in [0.25, 0.3) is 0 Å². The van der Waals surface area contributed by atoms with Crippen LogP contribution in [0.3, 0.4) is 0 Å². The standard InChI is InChI=1S/C23H44O9/c1-3-5-7-8-9-11-13-29-15-17(31-19(25)12-10-6-4-2)16-30-23-22(28)21(27)20(26)18(14-24)32-23/h17-18,20-24,26-28H,3-16H2,1-2H3. The van der Waals surface area contributed by atoms with Gasteiger partial charge in [0, 0.05) is 13.0 Å². The number of esters is 1. The van der Waals surface area contributed by atoms with Gasteiger partial charge in [0.25, 0.3) is 0 Å². The highest BCUT2D eigenvalue weighted by Crippen LogP contribution is 2.22. The molecule has 9 heteroatoms. The van der Waals surface area contributed by atoms with Gasteiger partial charge in [-0.25, -0.2) is 0 Å². The molecule has 0 amide bonds. The summed E-state index contributed by atoms with van der Waals surface area (Å²) >= 11 is 0. The molecule has 0 aromatic heterocycles. The molecule has 6 atom stereocenters. The van der Waals surface area contributed by atoms with Gasteiger partial charge in [-0.2, -0.15) is 0 Å². The summed E-state index contributed by atoms with van der Waals surface area (Å²) in [4.78, 5) is 12.2. The molecule has 6 unspecified atom stereocenters. The molecule has 1 heterocycles. The molecule has 0 aromatic rings. The molecular formula is C23H44O9. The SMILES string of the molecule is CCCCCCCCOCC(COC1OC(CO)C(O)C(O)C1O)OC(=O)CCCCC. The van der Waals surface area contributed by atoms with E-state index in [-0.39, 0.29) is 19.2 Å². The molecule has 0 radical (unpaired) electrons. The van der Waals surface area contributed by atoms with Gasteiger partial charge in [-0.05, 0) is 12.8 Å². The van der Waals surface area contributed by atoms with Crippen molar-refractivity contribution in [3.05, 3.63) is 0 Å². The lowest BCUT2D eigenvalue weighted by Crippen LogP contribution is -2.59. The zero-order chi connectivity index (χ0) is 23.8. The maximum atomic E-state index is 12.2. The molecule has 0 saturated carbocycles. The number of carbonyl (C=O) groups excluding carboxylic acids is 1. The largest absolute Gasteiger partial charge is 0.457 e. The Morgan fingerprint density at radius 2 is 1.53 bits per heavy atom. The minimum Gasteiger partial charge on any atom is -0.457 e. The van der Waals surface area contributed by atoms with Crippen LogP contribution in [0.15, 0.2) is 0 Å². The number of rotatable bonds is 18. The summed E-state index contributed by atoms with van der Waals surface area (Å²) in [7, 11) is 0. The molecule has 1 saturated heterocycles. The Hall–Kier alpha value is -0.810. The minimum absolute atomic E-state index is 0.112. The predicted octanol–water partition coefficient (Wildman–Crippen LogP) is 1.67. The van der Waals surface area contributed by atoms with Crippen LogP contribution >= 0.6 is 0 Å². The van der Waals surface area contributed by atoms with Gasteiger partial charge in [-0.1, -0.05) is 58.8 Å². The Kier molecular flexibility index (Phi) is 16.1. The summed E-state index contributed by atoms with van der Waals surface area (Å²) in [6, 6.07) is 0. The fourth-order valence-corrected chi connectivity index (χ4v) is 3.49. The smallest absolute Gasteiger partial charge is 0.306 e. The predicted molar refractivity (Wildman–Crippen MR) is 118 cm³/mol. The van der Waals surface area contributed by atoms with Crippen molar-refractivity contribution in [1.29, 1.82) is 0 Å². The minimum atomic E-state index is -1.52. The van der Waals surface area contributed by atoms with Crippen LogP contribution in [-0.2, 0) is 23.7 Å². The highest BCUT2D eigenvalue weighted by atomic mass is 16.7. The number of ether oxygens (including phenoxy) is 4. The maximum Gasteiger partial charge on any atom is 0.306 e. The molecule has 32 heavy (non-hydrogen) atoms. The Bertz CT molecular complexity index is 474. The van der Waals surface area contributed by atoms with Gasteiger partial charge in [0.15, 0.2) is 6.29 Å². The van der Waals surface area contributed by atoms with Gasteiger partial charge in [0.2, 0.25) is 0 Å². The van der Waals surface area contributed by atoms with Crippen molar-refractivity contribution in [3.8, 4) is 0 Å². The highest BCUT2D eigenvalue weighted by molar-refractivity contribution is 5.69. The quantitative estimate of drug-likeness (QED) is 0.176. The van der Waals surface area contributed by atoms with Crippen molar-refractivity contribution in [2.45, 2.75) is 115 Å². The van der Waals surface area contributed by atoms with E-state index in [1.165, 1.54) is 25.7 Å². The van der Waals surface area contributed by atoms with E-state index in [2.05, 4.69) is 13.8 Å². The third-order valence-electron chi connectivity index (χ3n) is 5.52. The fourth-order valence-electron chi connectivity index (χ4n) is 3.49. The Labute approximate surface area is 192 Å². The molecule has 0 spiro atoms. The molecule has 1 fully saturated rings. The van der Waals surface area contributed by atoms with Crippen molar-refractivity contribution in [3.63, 3.8) is 0 Å². The van der Waals surface area contributed by atoms with E-state index in [1.54, 1.807) is 0 Å². The van der Waals surface area contributed by atoms with Crippen molar-refractivity contribution >= 4 is 5.97 Å². The van der Waals surface area contributed by atoms with Gasteiger partial charge in [0.05, 0.1) is 19.8 Å². The third kappa shape index (κ3) is 11.4. The number of hydrogen-bond acceptors (Lipinski definition) is 9. The van der Waals surface area contributed by atoms with Gasteiger partial charge < -0.3 is 39.4 Å². The van der Waals surface area contributed by atoms with Crippen molar-refractivity contribution in [1.82, 2.24) is 0 Å². The third-order valence-corrected chi connectivity index (χ3v) is 5.52. The lowest BCUT2D eigenvalue weighted by Gasteiger charge is -2.39. The second kappa shape index (κ2) is 17.6. The van der Waals surface area contributed by atoms with E-state index in [9.17, 15) is 25.2 Å². The highest BCUT2D eigenvalue weighted by Gasteiger charge is 2.44. The summed E-state index contributed by atoms with van der Waals surface area (Å²) in [5, 5.41) is 39.2. The average Bonchev–Trinajstić information content (AvgIpc) is 2.78. The monoisotopic (exact) mass is 464 g/mol. The first kappa shape index (κ1) is 29.2. The second-order valence-corrected chi connectivity index (χ2v) is 8.44. The molecule has 4 N–H and O–H groups in total. The second-order valence-electron chi connectivity index (χ2n) is 8.44. The summed E-state index contributed by atoms with van der Waals surface area (Å²) in [6.07, 6.45) is 2.34. The van der Waals surface area contributed by atoms with Crippen LogP contribution in [-0.4, -0.2) is 89.6 Å². The Balaban J connectivity index is 2.49.